The lowest BCUT2D eigenvalue weighted by molar-refractivity contribution is 0.0465. The molecule has 0 aliphatic heterocycles. The first-order valence-corrected chi connectivity index (χ1v) is 11.0. The molecule has 2 aromatic carbocycles. The van der Waals surface area contributed by atoms with E-state index in [1.807, 2.05) is 31.2 Å². The number of carboxylic acid groups (broad SMARTS) is 1. The molecule has 0 unspecified atom stereocenters. The number of carboxylic acids is 1. The Hall–Kier alpha value is -3.51. The summed E-state index contributed by atoms with van der Waals surface area (Å²) >= 11 is 0. The first-order chi connectivity index (χ1) is 15.7. The standard InChI is InChI=1S/C27H30N2O4/c1-16(2)13-23-22(14-28)25(19-11-9-17(3)10-12-19)24(18(4)29-23)27(32)33-15-20-7-5-6-8-21(20)26(30)31/h5-12,16H,13-15,28H2,1-4H3,(H,30,31). The minimum Gasteiger partial charge on any atom is -0.478 e. The molecule has 0 aliphatic carbocycles. The van der Waals surface area contributed by atoms with E-state index in [1.54, 1.807) is 25.1 Å². The highest BCUT2D eigenvalue weighted by molar-refractivity contribution is 5.99. The smallest absolute Gasteiger partial charge is 0.340 e. The van der Waals surface area contributed by atoms with Gasteiger partial charge in [-0.3, -0.25) is 4.98 Å². The molecule has 33 heavy (non-hydrogen) atoms. The molecule has 172 valence electrons. The van der Waals surface area contributed by atoms with Gasteiger partial charge in [0.05, 0.1) is 16.8 Å². The Morgan fingerprint density at radius 1 is 1.06 bits per heavy atom. The van der Waals surface area contributed by atoms with Gasteiger partial charge in [-0.05, 0) is 43.4 Å². The summed E-state index contributed by atoms with van der Waals surface area (Å²) in [5.74, 6) is -1.25. The lowest BCUT2D eigenvalue weighted by Crippen LogP contribution is -2.17. The monoisotopic (exact) mass is 446 g/mol. The predicted molar refractivity (Wildman–Crippen MR) is 128 cm³/mol. The number of carbonyl (C=O) groups excluding carboxylic acids is 1. The number of aromatic carboxylic acids is 1. The number of hydrogen-bond donors (Lipinski definition) is 2. The van der Waals surface area contributed by atoms with Crippen LogP contribution in [0.5, 0.6) is 0 Å². The maximum absolute atomic E-state index is 13.3. The van der Waals surface area contributed by atoms with E-state index in [-0.39, 0.29) is 18.7 Å². The molecule has 0 radical (unpaired) electrons. The molecular weight excluding hydrogens is 416 g/mol. The van der Waals surface area contributed by atoms with Crippen molar-refractivity contribution in [2.75, 3.05) is 0 Å². The van der Waals surface area contributed by atoms with Gasteiger partial charge >= 0.3 is 11.9 Å². The molecule has 0 bridgehead atoms. The van der Waals surface area contributed by atoms with Gasteiger partial charge in [-0.2, -0.15) is 0 Å². The van der Waals surface area contributed by atoms with Gasteiger partial charge in [-0.15, -0.1) is 0 Å². The molecule has 1 aromatic heterocycles. The van der Waals surface area contributed by atoms with Crippen molar-refractivity contribution in [1.82, 2.24) is 4.98 Å². The van der Waals surface area contributed by atoms with Gasteiger partial charge < -0.3 is 15.6 Å². The third-order valence-electron chi connectivity index (χ3n) is 5.52. The molecule has 0 spiro atoms. The van der Waals surface area contributed by atoms with E-state index in [0.717, 1.165) is 34.4 Å². The third kappa shape index (κ3) is 5.46. The van der Waals surface area contributed by atoms with Gasteiger partial charge in [-0.1, -0.05) is 61.9 Å². The van der Waals surface area contributed by atoms with Crippen LogP contribution >= 0.6 is 0 Å². The number of nitrogens with zero attached hydrogens (tertiary/aromatic N) is 1. The van der Waals surface area contributed by atoms with Gasteiger partial charge in [0.1, 0.15) is 6.61 Å². The second kappa shape index (κ2) is 10.4. The molecule has 0 atom stereocenters. The van der Waals surface area contributed by atoms with Crippen LogP contribution in [0.2, 0.25) is 0 Å². The van der Waals surface area contributed by atoms with Gasteiger partial charge in [0.2, 0.25) is 0 Å². The number of nitrogens with two attached hydrogens (primary N) is 1. The quantitative estimate of drug-likeness (QED) is 0.468. The Morgan fingerprint density at radius 2 is 1.73 bits per heavy atom. The summed E-state index contributed by atoms with van der Waals surface area (Å²) in [6, 6.07) is 14.4. The van der Waals surface area contributed by atoms with Crippen LogP contribution in [0.4, 0.5) is 0 Å². The third-order valence-corrected chi connectivity index (χ3v) is 5.52. The molecule has 0 saturated carbocycles. The summed E-state index contributed by atoms with van der Waals surface area (Å²) in [7, 11) is 0. The van der Waals surface area contributed by atoms with Crippen molar-refractivity contribution >= 4 is 11.9 Å². The Labute approximate surface area is 194 Å². The van der Waals surface area contributed by atoms with Gasteiger partial charge in [0.25, 0.3) is 0 Å². The normalized spacial score (nSPS) is 11.0. The van der Waals surface area contributed by atoms with E-state index >= 15 is 0 Å². The summed E-state index contributed by atoms with van der Waals surface area (Å²) in [5.41, 5.74) is 12.1. The van der Waals surface area contributed by atoms with Crippen LogP contribution in [0.1, 0.15) is 62.6 Å². The van der Waals surface area contributed by atoms with Crippen molar-refractivity contribution < 1.29 is 19.4 Å². The highest BCUT2D eigenvalue weighted by atomic mass is 16.5. The zero-order valence-electron chi connectivity index (χ0n) is 19.5. The number of benzene rings is 2. The van der Waals surface area contributed by atoms with Crippen molar-refractivity contribution in [2.45, 2.75) is 47.3 Å². The van der Waals surface area contributed by atoms with Crippen molar-refractivity contribution in [1.29, 1.82) is 0 Å². The first-order valence-electron chi connectivity index (χ1n) is 11.0. The van der Waals surface area contributed by atoms with Gasteiger partial charge in [0.15, 0.2) is 0 Å². The summed E-state index contributed by atoms with van der Waals surface area (Å²) in [4.78, 5) is 29.6. The Kier molecular flexibility index (Phi) is 7.61. The fourth-order valence-electron chi connectivity index (χ4n) is 3.94. The number of aryl methyl sites for hydroxylation is 2. The number of rotatable bonds is 8. The topological polar surface area (TPSA) is 103 Å². The van der Waals surface area contributed by atoms with Crippen LogP contribution in [-0.2, 0) is 24.3 Å². The second-order valence-corrected chi connectivity index (χ2v) is 8.58. The largest absolute Gasteiger partial charge is 0.478 e. The number of ether oxygens (including phenoxy) is 1. The number of carbonyl (C=O) groups is 2. The Balaban J connectivity index is 2.09. The summed E-state index contributed by atoms with van der Waals surface area (Å²) in [5, 5.41) is 9.41. The molecule has 0 amide bonds. The van der Waals surface area contributed by atoms with Gasteiger partial charge in [0, 0.05) is 23.4 Å². The highest BCUT2D eigenvalue weighted by Gasteiger charge is 2.25. The zero-order chi connectivity index (χ0) is 24.1. The molecule has 3 aromatic rings. The lowest BCUT2D eigenvalue weighted by Gasteiger charge is -2.20. The zero-order valence-corrected chi connectivity index (χ0v) is 19.5. The van der Waals surface area contributed by atoms with Crippen molar-refractivity contribution in [2.24, 2.45) is 11.7 Å². The molecule has 0 saturated heterocycles. The molecule has 6 heteroatoms. The Morgan fingerprint density at radius 3 is 2.33 bits per heavy atom. The van der Waals surface area contributed by atoms with E-state index in [1.165, 1.54) is 6.07 Å². The number of pyridine rings is 1. The molecule has 6 nitrogen and oxygen atoms in total. The van der Waals surface area contributed by atoms with E-state index in [0.29, 0.717) is 22.7 Å². The second-order valence-electron chi connectivity index (χ2n) is 8.58. The molecular formula is C27H30N2O4. The maximum atomic E-state index is 13.3. The van der Waals surface area contributed by atoms with Crippen LogP contribution in [0.15, 0.2) is 48.5 Å². The van der Waals surface area contributed by atoms with Crippen LogP contribution in [0.3, 0.4) is 0 Å². The van der Waals surface area contributed by atoms with Crippen LogP contribution in [0.25, 0.3) is 11.1 Å². The van der Waals surface area contributed by atoms with Crippen LogP contribution in [0, 0.1) is 19.8 Å². The number of aromatic nitrogens is 1. The molecule has 3 rings (SSSR count). The fraction of sp³-hybridized carbons (Fsp3) is 0.296. The summed E-state index contributed by atoms with van der Waals surface area (Å²) in [6.07, 6.45) is 0.744. The van der Waals surface area contributed by atoms with Crippen LogP contribution in [-0.4, -0.2) is 22.0 Å². The van der Waals surface area contributed by atoms with E-state index in [4.69, 9.17) is 15.5 Å². The maximum Gasteiger partial charge on any atom is 0.340 e. The SMILES string of the molecule is Cc1ccc(-c2c(CN)c(CC(C)C)nc(C)c2C(=O)OCc2ccccc2C(=O)O)cc1. The predicted octanol–water partition coefficient (Wildman–Crippen LogP) is 5.08. The fourth-order valence-corrected chi connectivity index (χ4v) is 3.94. The van der Waals surface area contributed by atoms with Crippen molar-refractivity contribution in [3.63, 3.8) is 0 Å². The van der Waals surface area contributed by atoms with Gasteiger partial charge in [-0.25, -0.2) is 9.59 Å². The number of esters is 1. The van der Waals surface area contributed by atoms with Crippen molar-refractivity contribution in [3.05, 3.63) is 87.7 Å². The molecule has 0 fully saturated rings. The van der Waals surface area contributed by atoms with E-state index in [2.05, 4.69) is 13.8 Å². The minimum absolute atomic E-state index is 0.105. The summed E-state index contributed by atoms with van der Waals surface area (Å²) in [6.45, 7) is 8.12. The average molecular weight is 447 g/mol. The van der Waals surface area contributed by atoms with Crippen molar-refractivity contribution in [3.8, 4) is 11.1 Å². The van der Waals surface area contributed by atoms with E-state index in [9.17, 15) is 14.7 Å². The van der Waals surface area contributed by atoms with Crippen LogP contribution < -0.4 is 5.73 Å². The molecule has 1 heterocycles. The highest BCUT2D eigenvalue weighted by Crippen LogP contribution is 2.33. The molecule has 0 aliphatic rings. The summed E-state index contributed by atoms with van der Waals surface area (Å²) < 4.78 is 5.61. The number of hydrogen-bond acceptors (Lipinski definition) is 5. The minimum atomic E-state index is -1.07. The van der Waals surface area contributed by atoms with E-state index < -0.39 is 11.9 Å². The lowest BCUT2D eigenvalue weighted by atomic mass is 9.90. The molecule has 3 N–H and O–H groups in total. The average Bonchev–Trinajstić information content (AvgIpc) is 2.77. The Bertz CT molecular complexity index is 1170. The first kappa shape index (κ1) is 24.1.